The van der Waals surface area contributed by atoms with E-state index in [1.165, 1.54) is 16.6 Å². The lowest BCUT2D eigenvalue weighted by Gasteiger charge is -2.17. The lowest BCUT2D eigenvalue weighted by atomic mass is 9.89. The van der Waals surface area contributed by atoms with Crippen LogP contribution >= 0.6 is 23.1 Å². The molecule has 0 saturated heterocycles. The van der Waals surface area contributed by atoms with Crippen molar-refractivity contribution in [1.29, 1.82) is 0 Å². The van der Waals surface area contributed by atoms with Gasteiger partial charge in [0.2, 0.25) is 6.79 Å². The summed E-state index contributed by atoms with van der Waals surface area (Å²) in [5, 5.41) is 1.27. The van der Waals surface area contributed by atoms with Gasteiger partial charge in [0.15, 0.2) is 22.4 Å². The molecule has 3 heterocycles. The molecule has 2 aliphatic rings. The smallest absolute Gasteiger partial charge is 0.267 e. The number of hydrogen-bond donors (Lipinski definition) is 0. The van der Waals surface area contributed by atoms with Gasteiger partial charge < -0.3 is 9.47 Å². The predicted octanol–water partition coefficient (Wildman–Crippen LogP) is 5.28. The van der Waals surface area contributed by atoms with Crippen molar-refractivity contribution in [3.05, 3.63) is 74.9 Å². The number of aromatic nitrogens is 2. The largest absolute Gasteiger partial charge is 0.454 e. The Bertz CT molecular complexity index is 1480. The molecule has 0 saturated carbocycles. The van der Waals surface area contributed by atoms with E-state index in [4.69, 9.17) is 14.5 Å². The van der Waals surface area contributed by atoms with Crippen molar-refractivity contribution in [3.63, 3.8) is 0 Å². The number of aryl methyl sites for hydroxylation is 1. The van der Waals surface area contributed by atoms with E-state index < -0.39 is 0 Å². The molecular weight excluding hydrogens is 468 g/mol. The number of carbonyl (C=O) groups is 1. The Labute approximate surface area is 204 Å². The molecule has 2 aromatic carbocycles. The number of benzene rings is 2. The Morgan fingerprint density at radius 2 is 2.00 bits per heavy atom. The van der Waals surface area contributed by atoms with Gasteiger partial charge in [0.25, 0.3) is 5.56 Å². The van der Waals surface area contributed by atoms with Crippen LogP contribution < -0.4 is 15.0 Å². The third kappa shape index (κ3) is 3.71. The summed E-state index contributed by atoms with van der Waals surface area (Å²) in [6.07, 6.45) is 2.99. The molecular formula is C26H22N2O4S2. The molecule has 0 spiro atoms. The van der Waals surface area contributed by atoms with E-state index in [1.807, 2.05) is 30.3 Å². The molecule has 0 radical (unpaired) electrons. The van der Waals surface area contributed by atoms with Crippen molar-refractivity contribution >= 4 is 39.1 Å². The standard InChI is InChI=1S/C26H22N2O4S2/c1-15-7-9-18-22(11-15)34-24-23(18)25(30)28(17-5-3-2-4-6-17)26(27-24)33-13-19(29)16-8-10-20-21(12-16)32-14-31-20/h2-6,8,10,12,15H,7,9,11,13-14H2,1H3. The first kappa shape index (κ1) is 21.4. The molecule has 0 amide bonds. The maximum Gasteiger partial charge on any atom is 0.267 e. The Balaban J connectivity index is 1.39. The fourth-order valence-corrected chi connectivity index (χ4v) is 6.89. The molecule has 1 aliphatic carbocycles. The Hall–Kier alpha value is -3.10. The third-order valence-corrected chi connectivity index (χ3v) is 8.43. The number of ketones is 1. The Kier molecular flexibility index (Phi) is 5.42. The van der Waals surface area contributed by atoms with Crippen molar-refractivity contribution < 1.29 is 14.3 Å². The predicted molar refractivity (Wildman–Crippen MR) is 134 cm³/mol. The maximum absolute atomic E-state index is 13.8. The zero-order valence-electron chi connectivity index (χ0n) is 18.6. The topological polar surface area (TPSA) is 70.4 Å². The summed E-state index contributed by atoms with van der Waals surface area (Å²) in [5.74, 6) is 1.94. The first-order valence-electron chi connectivity index (χ1n) is 11.3. The van der Waals surface area contributed by atoms with Crippen molar-refractivity contribution in [3.8, 4) is 17.2 Å². The fraction of sp³-hybridized carbons (Fsp3) is 0.269. The van der Waals surface area contributed by atoms with Crippen LogP contribution in [0.5, 0.6) is 11.5 Å². The minimum Gasteiger partial charge on any atom is -0.454 e. The van der Waals surface area contributed by atoms with E-state index >= 15 is 0 Å². The molecule has 6 rings (SSSR count). The number of thiophene rings is 1. The molecule has 1 unspecified atom stereocenters. The number of para-hydroxylation sites is 1. The lowest BCUT2D eigenvalue weighted by molar-refractivity contribution is 0.102. The Morgan fingerprint density at radius 3 is 2.85 bits per heavy atom. The minimum absolute atomic E-state index is 0.0544. The average molecular weight is 491 g/mol. The number of ether oxygens (including phenoxy) is 2. The van der Waals surface area contributed by atoms with Crippen molar-refractivity contribution in [2.45, 2.75) is 31.3 Å². The first-order valence-corrected chi connectivity index (χ1v) is 13.1. The summed E-state index contributed by atoms with van der Waals surface area (Å²) in [6.45, 7) is 2.42. The van der Waals surface area contributed by atoms with Gasteiger partial charge in [0, 0.05) is 10.4 Å². The molecule has 4 aromatic rings. The molecule has 0 fully saturated rings. The van der Waals surface area contributed by atoms with Crippen LogP contribution in [0.4, 0.5) is 0 Å². The van der Waals surface area contributed by atoms with Gasteiger partial charge in [-0.15, -0.1) is 11.3 Å². The van der Waals surface area contributed by atoms with E-state index in [-0.39, 0.29) is 23.9 Å². The van der Waals surface area contributed by atoms with Crippen molar-refractivity contribution in [2.75, 3.05) is 12.5 Å². The summed E-state index contributed by atoms with van der Waals surface area (Å²) < 4.78 is 12.4. The molecule has 1 atom stereocenters. The van der Waals surface area contributed by atoms with E-state index in [9.17, 15) is 9.59 Å². The maximum atomic E-state index is 13.8. The average Bonchev–Trinajstić information content (AvgIpc) is 3.46. The van der Waals surface area contributed by atoms with Crippen LogP contribution in [0, 0.1) is 5.92 Å². The minimum atomic E-state index is -0.0587. The van der Waals surface area contributed by atoms with E-state index in [0.717, 1.165) is 40.7 Å². The number of Topliss-reactive ketones (excluding diaryl/α,β-unsaturated/α-hetero) is 1. The zero-order chi connectivity index (χ0) is 23.2. The molecule has 172 valence electrons. The van der Waals surface area contributed by atoms with Crippen LogP contribution in [0.2, 0.25) is 0 Å². The van der Waals surface area contributed by atoms with E-state index in [1.54, 1.807) is 34.1 Å². The van der Waals surface area contributed by atoms with Gasteiger partial charge in [0.05, 0.1) is 16.8 Å². The summed E-state index contributed by atoms with van der Waals surface area (Å²) in [4.78, 5) is 33.7. The van der Waals surface area contributed by atoms with Crippen LogP contribution in [0.15, 0.2) is 58.5 Å². The first-order chi connectivity index (χ1) is 16.6. The van der Waals surface area contributed by atoms with Gasteiger partial charge in [-0.25, -0.2) is 4.98 Å². The number of rotatable bonds is 5. The Morgan fingerprint density at radius 1 is 1.18 bits per heavy atom. The summed E-state index contributed by atoms with van der Waals surface area (Å²) in [7, 11) is 0. The normalized spacial score (nSPS) is 16.6. The highest BCUT2D eigenvalue weighted by molar-refractivity contribution is 7.99. The second kappa shape index (κ2) is 8.60. The lowest BCUT2D eigenvalue weighted by Crippen LogP contribution is -2.23. The van der Waals surface area contributed by atoms with Gasteiger partial charge in [-0.1, -0.05) is 36.9 Å². The highest BCUT2D eigenvalue weighted by Crippen LogP contribution is 2.37. The van der Waals surface area contributed by atoms with Gasteiger partial charge in [-0.05, 0) is 61.1 Å². The number of thioether (sulfide) groups is 1. The second-order valence-corrected chi connectivity index (χ2v) is 10.7. The van der Waals surface area contributed by atoms with Crippen LogP contribution in [0.1, 0.15) is 34.1 Å². The quantitative estimate of drug-likeness (QED) is 0.215. The summed E-state index contributed by atoms with van der Waals surface area (Å²) in [5.41, 5.74) is 2.41. The van der Waals surface area contributed by atoms with E-state index in [0.29, 0.717) is 28.1 Å². The fourth-order valence-electron chi connectivity index (χ4n) is 4.56. The highest BCUT2D eigenvalue weighted by Gasteiger charge is 2.25. The second-order valence-electron chi connectivity index (χ2n) is 8.68. The van der Waals surface area contributed by atoms with Gasteiger partial charge in [0.1, 0.15) is 4.83 Å². The third-order valence-electron chi connectivity index (χ3n) is 6.34. The number of nitrogens with zero attached hydrogens (tertiary/aromatic N) is 2. The van der Waals surface area contributed by atoms with Gasteiger partial charge in [-0.3, -0.25) is 14.2 Å². The molecule has 1 aliphatic heterocycles. The van der Waals surface area contributed by atoms with Gasteiger partial charge in [-0.2, -0.15) is 0 Å². The molecule has 8 heteroatoms. The number of hydrogen-bond acceptors (Lipinski definition) is 7. The number of carbonyl (C=O) groups excluding carboxylic acids is 1. The van der Waals surface area contributed by atoms with Crippen LogP contribution in [-0.4, -0.2) is 27.9 Å². The highest BCUT2D eigenvalue weighted by atomic mass is 32.2. The number of fused-ring (bicyclic) bond motifs is 4. The van der Waals surface area contributed by atoms with Crippen LogP contribution in [0.3, 0.4) is 0 Å². The van der Waals surface area contributed by atoms with Gasteiger partial charge >= 0.3 is 0 Å². The monoisotopic (exact) mass is 490 g/mol. The van der Waals surface area contributed by atoms with Crippen molar-refractivity contribution in [2.24, 2.45) is 5.92 Å². The summed E-state index contributed by atoms with van der Waals surface area (Å²) >= 11 is 2.92. The van der Waals surface area contributed by atoms with Crippen molar-refractivity contribution in [1.82, 2.24) is 9.55 Å². The SMILES string of the molecule is CC1CCc2c(sc3nc(SCC(=O)c4ccc5c(c4)OCO5)n(-c4ccccc4)c(=O)c23)C1. The molecule has 6 nitrogen and oxygen atoms in total. The molecule has 2 aromatic heterocycles. The zero-order valence-corrected chi connectivity index (χ0v) is 20.2. The van der Waals surface area contributed by atoms with Crippen LogP contribution in [-0.2, 0) is 12.8 Å². The van der Waals surface area contributed by atoms with E-state index in [2.05, 4.69) is 6.92 Å². The molecule has 0 N–H and O–H groups in total. The molecule has 0 bridgehead atoms. The molecule has 34 heavy (non-hydrogen) atoms. The summed E-state index contributed by atoms with van der Waals surface area (Å²) in [6, 6.07) is 14.7. The van der Waals surface area contributed by atoms with Crippen LogP contribution in [0.25, 0.3) is 15.9 Å².